The van der Waals surface area contributed by atoms with E-state index >= 15 is 0 Å². The Balaban J connectivity index is 3.70. The van der Waals surface area contributed by atoms with E-state index in [1.165, 1.54) is 0 Å². The molecule has 0 saturated carbocycles. The molecule has 0 amide bonds. The van der Waals surface area contributed by atoms with E-state index in [0.29, 0.717) is 18.8 Å². The molecule has 16 heavy (non-hydrogen) atoms. The first kappa shape index (κ1) is 16.0. The molecule has 0 aromatic carbocycles. The molecular weight excluding hydrogens is 222 g/mol. The molecular formula is C10H26N3O2Si. The predicted octanol–water partition coefficient (Wildman–Crippen LogP) is -0.387. The third kappa shape index (κ3) is 7.32. The van der Waals surface area contributed by atoms with Crippen molar-refractivity contribution in [3.05, 3.63) is 0 Å². The Morgan fingerprint density at radius 1 is 1.25 bits per heavy atom. The van der Waals surface area contributed by atoms with Gasteiger partial charge in [-0.25, -0.2) is 0 Å². The molecule has 0 aliphatic carbocycles. The molecule has 1 radical (unpaired) electrons. The minimum Gasteiger partial charge on any atom is -0.396 e. The van der Waals surface area contributed by atoms with Gasteiger partial charge in [0.15, 0.2) is 0 Å². The van der Waals surface area contributed by atoms with Crippen LogP contribution in [-0.4, -0.2) is 54.8 Å². The zero-order chi connectivity index (χ0) is 12.2. The van der Waals surface area contributed by atoms with Crippen molar-refractivity contribution in [2.45, 2.75) is 25.9 Å². The minimum atomic E-state index is -1.18. The Morgan fingerprint density at radius 2 is 2.00 bits per heavy atom. The molecule has 5 nitrogen and oxygen atoms in total. The van der Waals surface area contributed by atoms with Gasteiger partial charge in [-0.3, -0.25) is 0 Å². The molecule has 6 heteroatoms. The van der Waals surface area contributed by atoms with E-state index in [0.717, 1.165) is 26.1 Å². The summed E-state index contributed by atoms with van der Waals surface area (Å²) in [6.07, 6.45) is 1.03. The Morgan fingerprint density at radius 3 is 2.50 bits per heavy atom. The van der Waals surface area contributed by atoms with Crippen LogP contribution < -0.4 is 16.4 Å². The molecule has 0 saturated heterocycles. The third-order valence-electron chi connectivity index (χ3n) is 2.19. The van der Waals surface area contributed by atoms with Crippen LogP contribution >= 0.6 is 0 Å². The molecule has 0 aliphatic heterocycles. The van der Waals surface area contributed by atoms with Crippen LogP contribution in [0.3, 0.4) is 0 Å². The molecule has 4 N–H and O–H groups in total. The first-order valence-corrected chi connectivity index (χ1v) is 7.37. The van der Waals surface area contributed by atoms with Crippen molar-refractivity contribution >= 4 is 9.28 Å². The molecule has 0 heterocycles. The summed E-state index contributed by atoms with van der Waals surface area (Å²) in [4.78, 5) is 0. The molecule has 1 atom stereocenters. The largest absolute Gasteiger partial charge is 0.403 e. The van der Waals surface area contributed by atoms with Gasteiger partial charge in [0.1, 0.15) is 0 Å². The van der Waals surface area contributed by atoms with E-state index in [4.69, 9.17) is 14.6 Å². The van der Waals surface area contributed by atoms with Gasteiger partial charge in [0.25, 0.3) is 0 Å². The van der Waals surface area contributed by atoms with Crippen molar-refractivity contribution in [3.63, 3.8) is 0 Å². The molecule has 0 aromatic heterocycles. The summed E-state index contributed by atoms with van der Waals surface area (Å²) >= 11 is 0. The maximum absolute atomic E-state index is 5.60. The summed E-state index contributed by atoms with van der Waals surface area (Å²) in [7, 11) is 0.543. The second-order valence-corrected chi connectivity index (χ2v) is 5.44. The fraction of sp³-hybridized carbons (Fsp3) is 1.00. The quantitative estimate of drug-likeness (QED) is 0.343. The Kier molecular flexibility index (Phi) is 11.5. The lowest BCUT2D eigenvalue weighted by molar-refractivity contribution is 0.224. The van der Waals surface area contributed by atoms with Crippen LogP contribution in [0, 0.1) is 0 Å². The van der Waals surface area contributed by atoms with Gasteiger partial charge in [0, 0.05) is 39.9 Å². The molecule has 0 aromatic rings. The van der Waals surface area contributed by atoms with Gasteiger partial charge >= 0.3 is 9.28 Å². The van der Waals surface area contributed by atoms with Gasteiger partial charge in [-0.05, 0) is 13.3 Å². The van der Waals surface area contributed by atoms with Gasteiger partial charge < -0.3 is 25.2 Å². The molecule has 1 unspecified atom stereocenters. The van der Waals surface area contributed by atoms with Crippen LogP contribution in [-0.2, 0) is 8.85 Å². The number of hydrogen-bond acceptors (Lipinski definition) is 5. The lowest BCUT2D eigenvalue weighted by atomic mass is 10.4. The number of rotatable bonds is 11. The first-order chi connectivity index (χ1) is 7.79. The number of hydrogen-bond donors (Lipinski definition) is 3. The molecule has 0 rings (SSSR count). The first-order valence-electron chi connectivity index (χ1n) is 5.97. The second-order valence-electron chi connectivity index (χ2n) is 3.41. The molecule has 0 bridgehead atoms. The fourth-order valence-electron chi connectivity index (χ4n) is 1.40. The molecule has 97 valence electrons. The van der Waals surface area contributed by atoms with Crippen LogP contribution in [0.5, 0.6) is 0 Å². The minimum absolute atomic E-state index is 0.342. The van der Waals surface area contributed by atoms with Crippen LogP contribution in [0.15, 0.2) is 0 Å². The van der Waals surface area contributed by atoms with Crippen molar-refractivity contribution in [1.82, 2.24) is 10.6 Å². The van der Waals surface area contributed by atoms with Gasteiger partial charge in [0.2, 0.25) is 0 Å². The van der Waals surface area contributed by atoms with Crippen LogP contribution in [0.2, 0.25) is 0 Å². The van der Waals surface area contributed by atoms with E-state index in [1.54, 1.807) is 7.11 Å². The zero-order valence-electron chi connectivity index (χ0n) is 10.7. The molecule has 0 spiro atoms. The number of nitrogens with one attached hydrogen (secondary N) is 2. The highest BCUT2D eigenvalue weighted by atomic mass is 28.3. The highest BCUT2D eigenvalue weighted by Gasteiger charge is 2.24. The van der Waals surface area contributed by atoms with Gasteiger partial charge in [0.05, 0.1) is 5.67 Å². The Hall–Kier alpha value is 0.0169. The van der Waals surface area contributed by atoms with Crippen molar-refractivity contribution in [2.24, 2.45) is 5.73 Å². The SMILES string of the molecule is CCO[Si](OC)C(CC)NCCNCCN. The predicted molar refractivity (Wildman–Crippen MR) is 68.4 cm³/mol. The maximum atomic E-state index is 5.60. The van der Waals surface area contributed by atoms with Crippen LogP contribution in [0.4, 0.5) is 0 Å². The normalized spacial score (nSPS) is 13.3. The van der Waals surface area contributed by atoms with Gasteiger partial charge in [-0.15, -0.1) is 0 Å². The number of nitrogens with two attached hydrogens (primary N) is 1. The molecule has 0 fully saturated rings. The average Bonchev–Trinajstić information content (AvgIpc) is 2.31. The summed E-state index contributed by atoms with van der Waals surface area (Å²) in [5.74, 6) is 0. The summed E-state index contributed by atoms with van der Waals surface area (Å²) in [6.45, 7) is 8.26. The Bertz CT molecular complexity index is 152. The van der Waals surface area contributed by atoms with E-state index in [2.05, 4.69) is 17.6 Å². The summed E-state index contributed by atoms with van der Waals surface area (Å²) in [5.41, 5.74) is 5.73. The topological polar surface area (TPSA) is 68.5 Å². The third-order valence-corrected chi connectivity index (χ3v) is 4.35. The highest BCUT2D eigenvalue weighted by molar-refractivity contribution is 6.46. The highest BCUT2D eigenvalue weighted by Crippen LogP contribution is 2.00. The van der Waals surface area contributed by atoms with E-state index in [-0.39, 0.29) is 0 Å². The van der Waals surface area contributed by atoms with E-state index in [1.807, 2.05) is 6.92 Å². The second kappa shape index (κ2) is 11.5. The Labute approximate surface area is 101 Å². The van der Waals surface area contributed by atoms with Gasteiger partial charge in [-0.2, -0.15) is 0 Å². The van der Waals surface area contributed by atoms with Crippen LogP contribution in [0.25, 0.3) is 0 Å². The fourth-order valence-corrected chi connectivity index (χ4v) is 2.93. The monoisotopic (exact) mass is 248 g/mol. The summed E-state index contributed by atoms with van der Waals surface area (Å²) in [6, 6.07) is 0. The molecule has 0 aliphatic rings. The smallest absolute Gasteiger partial charge is 0.396 e. The van der Waals surface area contributed by atoms with Gasteiger partial charge in [-0.1, -0.05) is 6.92 Å². The van der Waals surface area contributed by atoms with Crippen molar-refractivity contribution in [2.75, 3.05) is 39.9 Å². The van der Waals surface area contributed by atoms with Crippen molar-refractivity contribution in [1.29, 1.82) is 0 Å². The summed E-state index contributed by atoms with van der Waals surface area (Å²) < 4.78 is 11.0. The maximum Gasteiger partial charge on any atom is 0.403 e. The lowest BCUT2D eigenvalue weighted by Crippen LogP contribution is -2.48. The summed E-state index contributed by atoms with van der Waals surface area (Å²) in [5, 5.41) is 6.70. The van der Waals surface area contributed by atoms with E-state index in [9.17, 15) is 0 Å². The lowest BCUT2D eigenvalue weighted by Gasteiger charge is -2.22. The van der Waals surface area contributed by atoms with E-state index < -0.39 is 9.28 Å². The van der Waals surface area contributed by atoms with Crippen molar-refractivity contribution < 1.29 is 8.85 Å². The van der Waals surface area contributed by atoms with Crippen molar-refractivity contribution in [3.8, 4) is 0 Å². The average molecular weight is 248 g/mol. The standard InChI is InChI=1S/C10H26N3O2Si/c1-4-10(16(14-3)15-5-2)13-9-8-12-7-6-11/h10,12-13H,4-9,11H2,1-3H3. The zero-order valence-corrected chi connectivity index (χ0v) is 11.7. The van der Waals surface area contributed by atoms with Crippen LogP contribution in [0.1, 0.15) is 20.3 Å².